The lowest BCUT2D eigenvalue weighted by Crippen LogP contribution is -2.26. The molecule has 0 spiro atoms. The number of nitrogens with one attached hydrogen (secondary N) is 2. The molecule has 0 heterocycles. The Kier molecular flexibility index (Phi) is 6.44. The van der Waals surface area contributed by atoms with Crippen molar-refractivity contribution >= 4 is 27.7 Å². The van der Waals surface area contributed by atoms with Gasteiger partial charge in [-0.05, 0) is 36.3 Å². The molecule has 2 N–H and O–H groups in total. The normalized spacial score (nSPS) is 11.6. The molecule has 2 aromatic carbocycles. The van der Waals surface area contributed by atoms with Crippen LogP contribution in [0.3, 0.4) is 0 Å². The van der Waals surface area contributed by atoms with Gasteiger partial charge in [-0.15, -0.1) is 0 Å². The number of hydrogen-bond donors (Lipinski definition) is 2. The molecular weight excluding hydrogens is 343 g/mol. The molecule has 0 aliphatic carbocycles. The molecule has 0 unspecified atom stereocenters. The van der Waals surface area contributed by atoms with E-state index >= 15 is 0 Å². The van der Waals surface area contributed by atoms with Crippen LogP contribution in [0, 0.1) is 12.7 Å². The Morgan fingerprint density at radius 3 is 2.60 bits per heavy atom. The molecule has 7 heteroatoms. The highest BCUT2D eigenvalue weighted by Gasteiger charge is 2.09. The number of sulfonamides is 1. The summed E-state index contributed by atoms with van der Waals surface area (Å²) >= 11 is 0. The molecule has 0 radical (unpaired) electrons. The lowest BCUT2D eigenvalue weighted by atomic mass is 10.2. The maximum absolute atomic E-state index is 13.6. The average molecular weight is 362 g/mol. The number of amides is 1. The van der Waals surface area contributed by atoms with Gasteiger partial charge >= 0.3 is 0 Å². The molecule has 132 valence electrons. The van der Waals surface area contributed by atoms with Gasteiger partial charge in [-0.3, -0.25) is 4.79 Å². The van der Waals surface area contributed by atoms with Crippen molar-refractivity contribution in [3.8, 4) is 0 Å². The van der Waals surface area contributed by atoms with Gasteiger partial charge in [-0.25, -0.2) is 17.5 Å². The number of anilines is 1. The predicted molar refractivity (Wildman–Crippen MR) is 96.8 cm³/mol. The Hall–Kier alpha value is -2.51. The standard InChI is InChI=1S/C18H19FN2O3S/c1-14-7-8-16(19)17(13-14)21-18(22)9-11-20-25(23,24)12-10-15-5-3-2-4-6-15/h2-8,10,12-13,20H,9,11H2,1H3,(H,21,22). The zero-order valence-electron chi connectivity index (χ0n) is 13.7. The highest BCUT2D eigenvalue weighted by Crippen LogP contribution is 2.15. The SMILES string of the molecule is Cc1ccc(F)c(NC(=O)CCNS(=O)(=O)C=Cc2ccccc2)c1. The highest BCUT2D eigenvalue weighted by molar-refractivity contribution is 7.92. The maximum atomic E-state index is 13.6. The number of carbonyl (C=O) groups is 1. The van der Waals surface area contributed by atoms with Crippen LogP contribution in [-0.2, 0) is 14.8 Å². The van der Waals surface area contributed by atoms with E-state index in [1.807, 2.05) is 6.07 Å². The molecule has 0 saturated carbocycles. The van der Waals surface area contributed by atoms with Crippen molar-refractivity contribution in [1.29, 1.82) is 0 Å². The second kappa shape index (κ2) is 8.55. The van der Waals surface area contributed by atoms with E-state index in [4.69, 9.17) is 0 Å². The Balaban J connectivity index is 1.84. The van der Waals surface area contributed by atoms with Gasteiger partial charge in [0.05, 0.1) is 5.69 Å². The van der Waals surface area contributed by atoms with Crippen molar-refractivity contribution in [2.75, 3.05) is 11.9 Å². The topological polar surface area (TPSA) is 75.3 Å². The van der Waals surface area contributed by atoms with E-state index in [0.717, 1.165) is 16.5 Å². The van der Waals surface area contributed by atoms with Crippen molar-refractivity contribution in [3.63, 3.8) is 0 Å². The van der Waals surface area contributed by atoms with E-state index < -0.39 is 21.7 Å². The van der Waals surface area contributed by atoms with E-state index in [1.165, 1.54) is 18.2 Å². The van der Waals surface area contributed by atoms with Crippen LogP contribution in [0.1, 0.15) is 17.5 Å². The van der Waals surface area contributed by atoms with Gasteiger partial charge in [0, 0.05) is 18.4 Å². The van der Waals surface area contributed by atoms with Gasteiger partial charge in [0.25, 0.3) is 0 Å². The minimum atomic E-state index is -3.65. The summed E-state index contributed by atoms with van der Waals surface area (Å²) in [6, 6.07) is 13.4. The van der Waals surface area contributed by atoms with Crippen LogP contribution < -0.4 is 10.0 Å². The minimum Gasteiger partial charge on any atom is -0.324 e. The minimum absolute atomic E-state index is 0.0804. The van der Waals surface area contributed by atoms with Gasteiger partial charge in [0.2, 0.25) is 15.9 Å². The fourth-order valence-corrected chi connectivity index (χ4v) is 2.85. The molecule has 5 nitrogen and oxygen atoms in total. The van der Waals surface area contributed by atoms with Crippen LogP contribution in [0.15, 0.2) is 53.9 Å². The van der Waals surface area contributed by atoms with Gasteiger partial charge < -0.3 is 5.32 Å². The third-order valence-electron chi connectivity index (χ3n) is 3.29. The van der Waals surface area contributed by atoms with Gasteiger partial charge in [-0.2, -0.15) is 0 Å². The zero-order chi connectivity index (χ0) is 18.3. The lowest BCUT2D eigenvalue weighted by Gasteiger charge is -2.07. The number of aryl methyl sites for hydroxylation is 1. The Labute approximate surface area is 146 Å². The highest BCUT2D eigenvalue weighted by atomic mass is 32.2. The first-order valence-electron chi connectivity index (χ1n) is 7.64. The van der Waals surface area contributed by atoms with Crippen molar-refractivity contribution in [1.82, 2.24) is 4.72 Å². The lowest BCUT2D eigenvalue weighted by molar-refractivity contribution is -0.116. The molecule has 0 aromatic heterocycles. The molecule has 0 bridgehead atoms. The van der Waals surface area contributed by atoms with Crippen molar-refractivity contribution in [2.24, 2.45) is 0 Å². The monoisotopic (exact) mass is 362 g/mol. The molecule has 0 aliphatic heterocycles. The van der Waals surface area contributed by atoms with Gasteiger partial charge in [0.15, 0.2) is 0 Å². The van der Waals surface area contributed by atoms with Crippen molar-refractivity contribution in [2.45, 2.75) is 13.3 Å². The molecule has 0 atom stereocenters. The van der Waals surface area contributed by atoms with Crippen LogP contribution in [0.4, 0.5) is 10.1 Å². The average Bonchev–Trinajstić information content (AvgIpc) is 2.57. The first-order valence-corrected chi connectivity index (χ1v) is 9.19. The predicted octanol–water partition coefficient (Wildman–Crippen LogP) is 3.05. The van der Waals surface area contributed by atoms with Crippen LogP contribution in [0.5, 0.6) is 0 Å². The van der Waals surface area contributed by atoms with Gasteiger partial charge in [0.1, 0.15) is 5.82 Å². The molecule has 0 fully saturated rings. The number of rotatable bonds is 7. The number of halogens is 1. The molecule has 1 amide bonds. The van der Waals surface area contributed by atoms with Crippen LogP contribution in [-0.4, -0.2) is 20.9 Å². The molecule has 2 aromatic rings. The molecule has 25 heavy (non-hydrogen) atoms. The third kappa shape index (κ3) is 6.48. The Morgan fingerprint density at radius 2 is 1.88 bits per heavy atom. The van der Waals surface area contributed by atoms with E-state index in [1.54, 1.807) is 37.3 Å². The van der Waals surface area contributed by atoms with Crippen molar-refractivity contribution in [3.05, 3.63) is 70.9 Å². The summed E-state index contributed by atoms with van der Waals surface area (Å²) in [6.45, 7) is 1.70. The zero-order valence-corrected chi connectivity index (χ0v) is 14.5. The van der Waals surface area contributed by atoms with E-state index in [2.05, 4.69) is 10.0 Å². The summed E-state index contributed by atoms with van der Waals surface area (Å²) < 4.78 is 39.6. The fourth-order valence-electron chi connectivity index (χ4n) is 2.03. The summed E-state index contributed by atoms with van der Waals surface area (Å²) in [6.07, 6.45) is 1.36. The first-order chi connectivity index (χ1) is 11.9. The maximum Gasteiger partial charge on any atom is 0.233 e. The van der Waals surface area contributed by atoms with E-state index in [0.29, 0.717) is 0 Å². The van der Waals surface area contributed by atoms with Crippen LogP contribution in [0.2, 0.25) is 0 Å². The van der Waals surface area contributed by atoms with Gasteiger partial charge in [-0.1, -0.05) is 36.4 Å². The summed E-state index contributed by atoms with van der Waals surface area (Å²) in [4.78, 5) is 11.8. The quantitative estimate of drug-likeness (QED) is 0.795. The Morgan fingerprint density at radius 1 is 1.16 bits per heavy atom. The largest absolute Gasteiger partial charge is 0.324 e. The number of benzene rings is 2. The summed E-state index contributed by atoms with van der Waals surface area (Å²) in [5.41, 5.74) is 1.64. The molecule has 0 saturated heterocycles. The number of carbonyl (C=O) groups excluding carboxylic acids is 1. The van der Waals surface area contributed by atoms with Crippen LogP contribution in [0.25, 0.3) is 6.08 Å². The summed E-state index contributed by atoms with van der Waals surface area (Å²) in [5, 5.41) is 3.47. The summed E-state index contributed by atoms with van der Waals surface area (Å²) in [5.74, 6) is -1.01. The molecule has 0 aliphatic rings. The number of hydrogen-bond acceptors (Lipinski definition) is 3. The Bertz CT molecular complexity index is 865. The van der Waals surface area contributed by atoms with Crippen molar-refractivity contribution < 1.29 is 17.6 Å². The first kappa shape index (κ1) is 18.8. The second-order valence-corrected chi connectivity index (χ2v) is 7.09. The van der Waals surface area contributed by atoms with E-state index in [9.17, 15) is 17.6 Å². The third-order valence-corrected chi connectivity index (χ3v) is 4.39. The molecular formula is C18H19FN2O3S. The second-order valence-electron chi connectivity index (χ2n) is 5.43. The smallest absolute Gasteiger partial charge is 0.233 e. The fraction of sp³-hybridized carbons (Fsp3) is 0.167. The van der Waals surface area contributed by atoms with E-state index in [-0.39, 0.29) is 18.7 Å². The van der Waals surface area contributed by atoms with Crippen LogP contribution >= 0.6 is 0 Å². The summed E-state index contributed by atoms with van der Waals surface area (Å²) in [7, 11) is -3.65. The molecule has 2 rings (SSSR count).